The summed E-state index contributed by atoms with van der Waals surface area (Å²) in [7, 11) is 0. The highest BCUT2D eigenvalue weighted by atomic mass is 19.4. The van der Waals surface area contributed by atoms with Crippen LogP contribution in [0.15, 0.2) is 24.3 Å². The predicted molar refractivity (Wildman–Crippen MR) is 67.0 cm³/mol. The molecule has 0 heterocycles. The minimum atomic E-state index is -4.56. The summed E-state index contributed by atoms with van der Waals surface area (Å²) in [5, 5.41) is 20.1. The highest BCUT2D eigenvalue weighted by Crippen LogP contribution is 2.29. The Labute approximate surface area is 122 Å². The highest BCUT2D eigenvalue weighted by molar-refractivity contribution is 6.06. The molecule has 6 nitrogen and oxygen atoms in total. The van der Waals surface area contributed by atoms with Gasteiger partial charge in [-0.15, -0.1) is 0 Å². The second-order valence-electron chi connectivity index (χ2n) is 4.57. The lowest BCUT2D eigenvalue weighted by molar-refractivity contribution is -0.161. The van der Waals surface area contributed by atoms with E-state index in [0.29, 0.717) is 12.1 Å². The van der Waals surface area contributed by atoms with Crippen LogP contribution in [-0.4, -0.2) is 33.6 Å². The van der Waals surface area contributed by atoms with Crippen molar-refractivity contribution in [3.05, 3.63) is 35.4 Å². The first kappa shape index (κ1) is 17.5. The second-order valence-corrected chi connectivity index (χ2v) is 4.57. The lowest BCUT2D eigenvalue weighted by Gasteiger charge is -2.25. The lowest BCUT2D eigenvalue weighted by atomic mass is 9.90. The average Bonchev–Trinajstić information content (AvgIpc) is 2.36. The maximum Gasteiger partial charge on any atom is 0.416 e. The van der Waals surface area contributed by atoms with E-state index in [0.717, 1.165) is 19.1 Å². The number of benzene rings is 1. The summed E-state index contributed by atoms with van der Waals surface area (Å²) in [5.74, 6) is -4.54. The molecular weight excluding hydrogens is 307 g/mol. The third-order valence-corrected chi connectivity index (χ3v) is 2.87. The van der Waals surface area contributed by atoms with Crippen molar-refractivity contribution in [3.8, 4) is 0 Å². The first-order chi connectivity index (χ1) is 9.99. The third-order valence-electron chi connectivity index (χ3n) is 2.87. The van der Waals surface area contributed by atoms with Crippen LogP contribution in [0.5, 0.6) is 0 Å². The quantitative estimate of drug-likeness (QED) is 0.710. The molecule has 0 atom stereocenters. The van der Waals surface area contributed by atoms with Crippen LogP contribution in [0.3, 0.4) is 0 Å². The summed E-state index contributed by atoms with van der Waals surface area (Å²) in [6.07, 6.45) is -5.26. The number of carbonyl (C=O) groups excluding carboxylic acids is 1. The summed E-state index contributed by atoms with van der Waals surface area (Å²) < 4.78 is 37.3. The van der Waals surface area contributed by atoms with E-state index in [9.17, 15) is 27.6 Å². The van der Waals surface area contributed by atoms with Crippen LogP contribution in [0.25, 0.3) is 0 Å². The van der Waals surface area contributed by atoms with Gasteiger partial charge in [-0.05, 0) is 17.7 Å². The number of amides is 1. The highest BCUT2D eigenvalue weighted by Gasteiger charge is 2.47. The number of halogens is 3. The zero-order valence-corrected chi connectivity index (χ0v) is 11.3. The van der Waals surface area contributed by atoms with E-state index in [4.69, 9.17) is 10.2 Å². The minimum Gasteiger partial charge on any atom is -0.479 e. The molecule has 0 fully saturated rings. The van der Waals surface area contributed by atoms with Crippen LogP contribution in [0.2, 0.25) is 0 Å². The lowest BCUT2D eigenvalue weighted by Crippen LogP contribution is -2.61. The molecule has 120 valence electrons. The Bertz CT molecular complexity index is 581. The Hall–Kier alpha value is -2.58. The van der Waals surface area contributed by atoms with Crippen molar-refractivity contribution in [2.75, 3.05) is 0 Å². The van der Waals surface area contributed by atoms with Gasteiger partial charge in [0.2, 0.25) is 11.4 Å². The van der Waals surface area contributed by atoms with Gasteiger partial charge in [0.15, 0.2) is 0 Å². The zero-order valence-electron chi connectivity index (χ0n) is 11.3. The number of hydrogen-bond acceptors (Lipinski definition) is 3. The normalized spacial score (nSPS) is 11.8. The number of rotatable bonds is 5. The maximum absolute atomic E-state index is 12.4. The van der Waals surface area contributed by atoms with Gasteiger partial charge in [0, 0.05) is 13.3 Å². The molecule has 1 aromatic rings. The molecule has 9 heteroatoms. The molecule has 1 rings (SSSR count). The Kier molecular flexibility index (Phi) is 4.80. The van der Waals surface area contributed by atoms with Crippen molar-refractivity contribution < 1.29 is 37.8 Å². The van der Waals surface area contributed by atoms with Crippen molar-refractivity contribution in [2.24, 2.45) is 0 Å². The summed E-state index contributed by atoms with van der Waals surface area (Å²) in [6.45, 7) is 0.938. The maximum atomic E-state index is 12.4. The summed E-state index contributed by atoms with van der Waals surface area (Å²) in [5.41, 5.74) is -3.58. The fourth-order valence-corrected chi connectivity index (χ4v) is 1.81. The molecule has 0 aliphatic rings. The van der Waals surface area contributed by atoms with E-state index in [1.807, 2.05) is 5.32 Å². The number of aliphatic carboxylic acids is 2. The van der Waals surface area contributed by atoms with Gasteiger partial charge in [-0.1, -0.05) is 12.1 Å². The molecule has 0 spiro atoms. The largest absolute Gasteiger partial charge is 0.479 e. The Balaban J connectivity index is 3.17. The smallest absolute Gasteiger partial charge is 0.416 e. The van der Waals surface area contributed by atoms with Gasteiger partial charge in [-0.2, -0.15) is 13.2 Å². The van der Waals surface area contributed by atoms with Crippen molar-refractivity contribution >= 4 is 17.8 Å². The summed E-state index contributed by atoms with van der Waals surface area (Å²) in [6, 6.07) is 3.34. The van der Waals surface area contributed by atoms with Gasteiger partial charge in [-0.25, -0.2) is 9.59 Å². The van der Waals surface area contributed by atoms with Crippen molar-refractivity contribution in [3.63, 3.8) is 0 Å². The van der Waals surface area contributed by atoms with Gasteiger partial charge >= 0.3 is 18.1 Å². The molecule has 0 aliphatic heterocycles. The van der Waals surface area contributed by atoms with Gasteiger partial charge in [0.25, 0.3) is 0 Å². The second kappa shape index (κ2) is 6.04. The number of carboxylic acids is 2. The molecule has 3 N–H and O–H groups in total. The fraction of sp³-hybridized carbons (Fsp3) is 0.308. The van der Waals surface area contributed by atoms with E-state index in [1.165, 1.54) is 0 Å². The van der Waals surface area contributed by atoms with E-state index < -0.39 is 41.5 Å². The van der Waals surface area contributed by atoms with Crippen molar-refractivity contribution in [1.29, 1.82) is 0 Å². The van der Waals surface area contributed by atoms with E-state index in [-0.39, 0.29) is 5.56 Å². The van der Waals surface area contributed by atoms with Crippen molar-refractivity contribution in [1.82, 2.24) is 5.32 Å². The molecule has 1 aromatic carbocycles. The average molecular weight is 319 g/mol. The molecular formula is C13H12F3NO5. The third kappa shape index (κ3) is 3.74. The number of nitrogens with one attached hydrogen (secondary N) is 1. The van der Waals surface area contributed by atoms with Crippen LogP contribution in [-0.2, 0) is 27.0 Å². The van der Waals surface area contributed by atoms with E-state index in [2.05, 4.69) is 0 Å². The fourth-order valence-electron chi connectivity index (χ4n) is 1.81. The Morgan fingerprint density at radius 2 is 1.50 bits per heavy atom. The van der Waals surface area contributed by atoms with Crippen LogP contribution in [0, 0.1) is 0 Å². The summed E-state index contributed by atoms with van der Waals surface area (Å²) >= 11 is 0. The van der Waals surface area contributed by atoms with Gasteiger partial charge in [0.05, 0.1) is 5.56 Å². The predicted octanol–water partition coefficient (Wildman–Crippen LogP) is 1.29. The van der Waals surface area contributed by atoms with Crippen molar-refractivity contribution in [2.45, 2.75) is 25.1 Å². The monoisotopic (exact) mass is 319 g/mol. The molecule has 22 heavy (non-hydrogen) atoms. The number of carbonyl (C=O) groups is 3. The SMILES string of the molecule is CC(=O)NC(Cc1ccc(C(F)(F)F)cc1)(C(=O)O)C(=O)O. The van der Waals surface area contributed by atoms with Crippen LogP contribution in [0.4, 0.5) is 13.2 Å². The van der Waals surface area contributed by atoms with Crippen LogP contribution < -0.4 is 5.32 Å². The first-order valence-corrected chi connectivity index (χ1v) is 5.91. The van der Waals surface area contributed by atoms with Crippen LogP contribution >= 0.6 is 0 Å². The molecule has 0 saturated heterocycles. The molecule has 0 saturated carbocycles. The standard InChI is InChI=1S/C13H12F3NO5/c1-7(18)17-12(10(19)20,11(21)22)6-8-2-4-9(5-3-8)13(14,15)16/h2-5H,6H2,1H3,(H,17,18)(H,19,20)(H,21,22). The molecule has 1 amide bonds. The first-order valence-electron chi connectivity index (χ1n) is 5.91. The molecule has 0 radical (unpaired) electrons. The van der Waals surface area contributed by atoms with Gasteiger partial charge in [-0.3, -0.25) is 4.79 Å². The zero-order chi connectivity index (χ0) is 17.1. The minimum absolute atomic E-state index is 0.0200. The van der Waals surface area contributed by atoms with Gasteiger partial charge < -0.3 is 15.5 Å². The van der Waals surface area contributed by atoms with Crippen LogP contribution in [0.1, 0.15) is 18.1 Å². The van der Waals surface area contributed by atoms with E-state index in [1.54, 1.807) is 0 Å². The number of carboxylic acid groups (broad SMARTS) is 2. The number of hydrogen-bond donors (Lipinski definition) is 3. The molecule has 0 unspecified atom stereocenters. The Morgan fingerprint density at radius 1 is 1.05 bits per heavy atom. The summed E-state index contributed by atoms with van der Waals surface area (Å²) in [4.78, 5) is 33.6. The molecule has 0 aliphatic carbocycles. The van der Waals surface area contributed by atoms with Gasteiger partial charge in [0.1, 0.15) is 0 Å². The molecule has 0 aromatic heterocycles. The Morgan fingerprint density at radius 3 is 1.82 bits per heavy atom. The number of alkyl halides is 3. The van der Waals surface area contributed by atoms with E-state index >= 15 is 0 Å². The topological polar surface area (TPSA) is 104 Å². The molecule has 0 bridgehead atoms.